The van der Waals surface area contributed by atoms with Crippen LogP contribution in [0.3, 0.4) is 0 Å². The quantitative estimate of drug-likeness (QED) is 0.537. The molecule has 3 rings (SSSR count). The molecule has 0 aliphatic heterocycles. The van der Waals surface area contributed by atoms with E-state index in [2.05, 4.69) is 36.2 Å². The van der Waals surface area contributed by atoms with Crippen LogP contribution in [0.25, 0.3) is 10.2 Å². The first-order valence-corrected chi connectivity index (χ1v) is 8.72. The summed E-state index contributed by atoms with van der Waals surface area (Å²) < 4.78 is 2.51. The Morgan fingerprint density at radius 2 is 2.19 bits per heavy atom. The second-order valence-electron chi connectivity index (χ2n) is 4.86. The summed E-state index contributed by atoms with van der Waals surface area (Å²) in [6, 6.07) is 10.3. The highest BCUT2D eigenvalue weighted by atomic mass is 32.2. The molecule has 21 heavy (non-hydrogen) atoms. The standard InChI is InChI=1S/C16H16N2OS2/c1-3-18-15(19)14-13(7-8-20-14)17-16(18)21-10-12-6-4-5-11(2)9-12/h4-9H,3,10H2,1-2H3. The van der Waals surface area contributed by atoms with Crippen LogP contribution >= 0.6 is 23.1 Å². The first-order chi connectivity index (χ1) is 10.2. The number of aromatic nitrogens is 2. The topological polar surface area (TPSA) is 34.9 Å². The Kier molecular flexibility index (Phi) is 4.12. The van der Waals surface area contributed by atoms with Gasteiger partial charge in [0, 0.05) is 12.3 Å². The van der Waals surface area contributed by atoms with E-state index in [1.807, 2.05) is 18.4 Å². The van der Waals surface area contributed by atoms with Crippen LogP contribution < -0.4 is 5.56 Å². The molecule has 0 saturated heterocycles. The van der Waals surface area contributed by atoms with Crippen LogP contribution in [0.1, 0.15) is 18.1 Å². The highest BCUT2D eigenvalue weighted by Crippen LogP contribution is 2.24. The van der Waals surface area contributed by atoms with Gasteiger partial charge in [-0.15, -0.1) is 11.3 Å². The van der Waals surface area contributed by atoms with Crippen LogP contribution in [-0.2, 0) is 12.3 Å². The number of nitrogens with zero attached hydrogens (tertiary/aromatic N) is 2. The molecule has 0 N–H and O–H groups in total. The molecule has 0 atom stereocenters. The van der Waals surface area contributed by atoms with Crippen LogP contribution in [0, 0.1) is 6.92 Å². The molecule has 108 valence electrons. The molecule has 2 aromatic heterocycles. The van der Waals surface area contributed by atoms with Crippen molar-refractivity contribution in [2.45, 2.75) is 31.3 Å². The summed E-state index contributed by atoms with van der Waals surface area (Å²) in [7, 11) is 0. The van der Waals surface area contributed by atoms with E-state index in [1.54, 1.807) is 16.3 Å². The maximum absolute atomic E-state index is 12.4. The number of fused-ring (bicyclic) bond motifs is 1. The van der Waals surface area contributed by atoms with Crippen molar-refractivity contribution < 1.29 is 0 Å². The molecular weight excluding hydrogens is 300 g/mol. The van der Waals surface area contributed by atoms with Crippen molar-refractivity contribution in [2.75, 3.05) is 0 Å². The van der Waals surface area contributed by atoms with Crippen LogP contribution in [0.4, 0.5) is 0 Å². The molecule has 0 aliphatic carbocycles. The lowest BCUT2D eigenvalue weighted by Crippen LogP contribution is -2.21. The van der Waals surface area contributed by atoms with Crippen molar-refractivity contribution in [1.29, 1.82) is 0 Å². The lowest BCUT2D eigenvalue weighted by molar-refractivity contribution is 0.635. The number of thiophene rings is 1. The van der Waals surface area contributed by atoms with Gasteiger partial charge in [0.25, 0.3) is 5.56 Å². The smallest absolute Gasteiger partial charge is 0.272 e. The fourth-order valence-electron chi connectivity index (χ4n) is 2.26. The van der Waals surface area contributed by atoms with Gasteiger partial charge in [0.1, 0.15) is 4.70 Å². The van der Waals surface area contributed by atoms with E-state index < -0.39 is 0 Å². The molecule has 0 aliphatic rings. The predicted molar refractivity (Wildman–Crippen MR) is 90.3 cm³/mol. The zero-order chi connectivity index (χ0) is 14.8. The first-order valence-electron chi connectivity index (χ1n) is 6.85. The van der Waals surface area contributed by atoms with Gasteiger partial charge in [-0.05, 0) is 30.9 Å². The maximum Gasteiger partial charge on any atom is 0.272 e. The molecule has 3 nitrogen and oxygen atoms in total. The van der Waals surface area contributed by atoms with Crippen molar-refractivity contribution in [2.24, 2.45) is 0 Å². The van der Waals surface area contributed by atoms with Crippen molar-refractivity contribution in [3.63, 3.8) is 0 Å². The van der Waals surface area contributed by atoms with E-state index >= 15 is 0 Å². The van der Waals surface area contributed by atoms with Crippen molar-refractivity contribution in [1.82, 2.24) is 9.55 Å². The third-order valence-electron chi connectivity index (χ3n) is 3.30. The fourth-order valence-corrected chi connectivity index (χ4v) is 4.05. The van der Waals surface area contributed by atoms with Gasteiger partial charge < -0.3 is 0 Å². The molecule has 0 saturated carbocycles. The minimum absolute atomic E-state index is 0.0734. The molecule has 0 bridgehead atoms. The van der Waals surface area contributed by atoms with Crippen molar-refractivity contribution in [3.8, 4) is 0 Å². The minimum Gasteiger partial charge on any atom is -0.287 e. The highest BCUT2D eigenvalue weighted by molar-refractivity contribution is 7.98. The van der Waals surface area contributed by atoms with E-state index in [0.29, 0.717) is 6.54 Å². The lowest BCUT2D eigenvalue weighted by atomic mass is 10.2. The summed E-state index contributed by atoms with van der Waals surface area (Å²) in [6.45, 7) is 4.72. The monoisotopic (exact) mass is 316 g/mol. The average Bonchev–Trinajstić information content (AvgIpc) is 2.94. The molecule has 0 fully saturated rings. The molecule has 0 radical (unpaired) electrons. The molecule has 0 unspecified atom stereocenters. The second kappa shape index (κ2) is 6.03. The van der Waals surface area contributed by atoms with E-state index in [1.165, 1.54) is 22.5 Å². The number of benzene rings is 1. The van der Waals surface area contributed by atoms with Gasteiger partial charge in [-0.1, -0.05) is 41.6 Å². The van der Waals surface area contributed by atoms with E-state index in [4.69, 9.17) is 0 Å². The van der Waals surface area contributed by atoms with Gasteiger partial charge in [0.2, 0.25) is 0 Å². The number of aryl methyl sites for hydroxylation is 1. The van der Waals surface area contributed by atoms with Crippen molar-refractivity contribution in [3.05, 3.63) is 57.2 Å². The molecule has 5 heteroatoms. The molecule has 1 aromatic carbocycles. The van der Waals surface area contributed by atoms with Gasteiger partial charge in [-0.25, -0.2) is 4.98 Å². The first kappa shape index (κ1) is 14.4. The summed E-state index contributed by atoms with van der Waals surface area (Å²) in [5.74, 6) is 0.823. The highest BCUT2D eigenvalue weighted by Gasteiger charge is 2.11. The number of hydrogen-bond donors (Lipinski definition) is 0. The number of rotatable bonds is 4. The Bertz CT molecular complexity index is 836. The molecule has 2 heterocycles. The van der Waals surface area contributed by atoms with Gasteiger partial charge >= 0.3 is 0 Å². The zero-order valence-corrected chi connectivity index (χ0v) is 13.6. The van der Waals surface area contributed by atoms with E-state index in [9.17, 15) is 4.79 Å². The van der Waals surface area contributed by atoms with Crippen LogP contribution in [0.15, 0.2) is 45.7 Å². The Morgan fingerprint density at radius 1 is 1.33 bits per heavy atom. The third-order valence-corrected chi connectivity index (χ3v) is 5.24. The predicted octanol–water partition coefficient (Wildman–Crippen LogP) is 4.08. The fraction of sp³-hybridized carbons (Fsp3) is 0.250. The van der Waals surface area contributed by atoms with Crippen LogP contribution in [-0.4, -0.2) is 9.55 Å². The van der Waals surface area contributed by atoms with Gasteiger partial charge in [0.15, 0.2) is 5.16 Å². The summed E-state index contributed by atoms with van der Waals surface area (Å²) in [4.78, 5) is 17.1. The second-order valence-corrected chi connectivity index (χ2v) is 6.72. The Morgan fingerprint density at radius 3 is 2.95 bits per heavy atom. The third kappa shape index (κ3) is 2.89. The van der Waals surface area contributed by atoms with Gasteiger partial charge in [-0.3, -0.25) is 9.36 Å². The van der Waals surface area contributed by atoms with Crippen LogP contribution in [0.2, 0.25) is 0 Å². The molecule has 3 aromatic rings. The minimum atomic E-state index is 0.0734. The summed E-state index contributed by atoms with van der Waals surface area (Å²) in [5.41, 5.74) is 3.38. The molecular formula is C16H16N2OS2. The normalized spacial score (nSPS) is 11.1. The SMILES string of the molecule is CCn1c(SCc2cccc(C)c2)nc2ccsc2c1=O. The average molecular weight is 316 g/mol. The van der Waals surface area contributed by atoms with Gasteiger partial charge in [0.05, 0.1) is 5.52 Å². The van der Waals surface area contributed by atoms with Crippen LogP contribution in [0.5, 0.6) is 0 Å². The largest absolute Gasteiger partial charge is 0.287 e. The summed E-state index contributed by atoms with van der Waals surface area (Å²) in [6.07, 6.45) is 0. The summed E-state index contributed by atoms with van der Waals surface area (Å²) >= 11 is 3.09. The lowest BCUT2D eigenvalue weighted by Gasteiger charge is -2.09. The zero-order valence-electron chi connectivity index (χ0n) is 12.0. The summed E-state index contributed by atoms with van der Waals surface area (Å²) in [5, 5.41) is 2.73. The number of hydrogen-bond acceptors (Lipinski definition) is 4. The Labute approximate surface area is 131 Å². The number of thioether (sulfide) groups is 1. The molecule has 0 spiro atoms. The molecule has 0 amide bonds. The Hall–Kier alpha value is -1.59. The van der Waals surface area contributed by atoms with Gasteiger partial charge in [-0.2, -0.15) is 0 Å². The van der Waals surface area contributed by atoms with E-state index in [-0.39, 0.29) is 5.56 Å². The Balaban J connectivity index is 1.94. The van der Waals surface area contributed by atoms with E-state index in [0.717, 1.165) is 21.1 Å². The van der Waals surface area contributed by atoms with Crippen molar-refractivity contribution >= 4 is 33.3 Å². The maximum atomic E-state index is 12.4.